The summed E-state index contributed by atoms with van der Waals surface area (Å²) in [4.78, 5) is 14.5. The van der Waals surface area contributed by atoms with Gasteiger partial charge < -0.3 is 4.90 Å². The van der Waals surface area contributed by atoms with Crippen molar-refractivity contribution in [2.75, 3.05) is 17.1 Å². The van der Waals surface area contributed by atoms with Gasteiger partial charge in [-0.2, -0.15) is 0 Å². The molecule has 0 unspecified atom stereocenters. The van der Waals surface area contributed by atoms with Crippen molar-refractivity contribution < 1.29 is 22.0 Å². The summed E-state index contributed by atoms with van der Waals surface area (Å²) in [5.41, 5.74) is 0.798. The summed E-state index contributed by atoms with van der Waals surface area (Å²) in [7, 11) is -3.91. The average Bonchev–Trinajstić information content (AvgIpc) is 2.62. The summed E-state index contributed by atoms with van der Waals surface area (Å²) in [6.45, 7) is 3.90. The summed E-state index contributed by atoms with van der Waals surface area (Å²) >= 11 is 0. The fourth-order valence-electron chi connectivity index (χ4n) is 2.84. The maximum atomic E-state index is 13.6. The molecule has 0 saturated carbocycles. The van der Waals surface area contributed by atoms with Crippen LogP contribution < -0.4 is 4.31 Å². The molecule has 1 amide bonds. The van der Waals surface area contributed by atoms with Crippen molar-refractivity contribution in [2.45, 2.75) is 26.4 Å². The molecule has 0 heterocycles. The molecule has 0 radical (unpaired) electrons. The Kier molecular flexibility index (Phi) is 6.54. The second-order valence-electron chi connectivity index (χ2n) is 6.17. The van der Waals surface area contributed by atoms with Gasteiger partial charge in [0, 0.05) is 19.2 Å². The van der Waals surface area contributed by atoms with Crippen LogP contribution in [-0.4, -0.2) is 38.1 Å². The number of benzene rings is 2. The molecule has 146 valence electrons. The van der Waals surface area contributed by atoms with E-state index in [-0.39, 0.29) is 5.69 Å². The molecule has 0 aliphatic carbocycles. The Balaban J connectivity index is 2.34. The third kappa shape index (κ3) is 5.03. The zero-order valence-electron chi connectivity index (χ0n) is 15.4. The highest BCUT2D eigenvalue weighted by Gasteiger charge is 2.32. The minimum atomic E-state index is -3.91. The molecule has 0 fully saturated rings. The molecular formula is C19H22F2N2O3S. The Bertz CT molecular complexity index is 904. The number of nitrogens with zero attached hydrogens (tertiary/aromatic N) is 2. The summed E-state index contributed by atoms with van der Waals surface area (Å²) in [5.74, 6) is -2.71. The fourth-order valence-corrected chi connectivity index (χ4v) is 4.00. The highest BCUT2D eigenvalue weighted by atomic mass is 32.2. The van der Waals surface area contributed by atoms with Crippen LogP contribution in [0.4, 0.5) is 14.5 Å². The number of carbonyl (C=O) groups excluding carboxylic acids is 1. The average molecular weight is 396 g/mol. The molecule has 0 aromatic heterocycles. The lowest BCUT2D eigenvalue weighted by molar-refractivity contribution is -0.132. The van der Waals surface area contributed by atoms with E-state index in [2.05, 4.69) is 0 Å². The molecule has 2 rings (SSSR count). The number of likely N-dealkylation sites (N-methyl/N-ethyl adjacent to an activating group) is 1. The van der Waals surface area contributed by atoms with Crippen molar-refractivity contribution in [3.8, 4) is 0 Å². The van der Waals surface area contributed by atoms with Gasteiger partial charge in [0.15, 0.2) is 11.6 Å². The van der Waals surface area contributed by atoms with E-state index in [1.807, 2.05) is 30.3 Å². The first-order valence-corrected chi connectivity index (χ1v) is 10.3. The lowest BCUT2D eigenvalue weighted by atomic mass is 10.2. The van der Waals surface area contributed by atoms with Gasteiger partial charge in [-0.05, 0) is 31.5 Å². The Morgan fingerprint density at radius 1 is 1.07 bits per heavy atom. The van der Waals surface area contributed by atoms with Crippen LogP contribution in [0.5, 0.6) is 0 Å². The molecule has 0 saturated heterocycles. The van der Waals surface area contributed by atoms with Crippen LogP contribution in [-0.2, 0) is 21.4 Å². The molecule has 0 N–H and O–H groups in total. The number of hydrogen-bond donors (Lipinski definition) is 0. The van der Waals surface area contributed by atoms with Crippen LogP contribution in [0.3, 0.4) is 0 Å². The largest absolute Gasteiger partial charge is 0.337 e. The number of amides is 1. The molecule has 0 aliphatic rings. The third-order valence-electron chi connectivity index (χ3n) is 4.13. The minimum absolute atomic E-state index is 0.104. The van der Waals surface area contributed by atoms with E-state index in [1.54, 1.807) is 6.92 Å². The van der Waals surface area contributed by atoms with Gasteiger partial charge in [-0.3, -0.25) is 9.10 Å². The molecule has 0 bridgehead atoms. The van der Waals surface area contributed by atoms with Crippen molar-refractivity contribution in [1.29, 1.82) is 0 Å². The van der Waals surface area contributed by atoms with E-state index >= 15 is 0 Å². The van der Waals surface area contributed by atoms with Gasteiger partial charge in [-0.15, -0.1) is 0 Å². The maximum absolute atomic E-state index is 13.6. The molecule has 27 heavy (non-hydrogen) atoms. The first-order chi connectivity index (χ1) is 12.6. The smallest absolute Gasteiger partial charge is 0.246 e. The molecule has 1 atom stereocenters. The molecular weight excluding hydrogens is 374 g/mol. The number of sulfonamides is 1. The minimum Gasteiger partial charge on any atom is -0.337 e. The van der Waals surface area contributed by atoms with E-state index in [4.69, 9.17) is 0 Å². The lowest BCUT2D eigenvalue weighted by Gasteiger charge is -2.32. The summed E-state index contributed by atoms with van der Waals surface area (Å²) in [6.07, 6.45) is 0.922. The monoisotopic (exact) mass is 396 g/mol. The molecule has 0 aliphatic heterocycles. The number of rotatable bonds is 7. The van der Waals surface area contributed by atoms with E-state index in [9.17, 15) is 22.0 Å². The first kappa shape index (κ1) is 20.8. The summed E-state index contributed by atoms with van der Waals surface area (Å²) in [6, 6.07) is 10.9. The quantitative estimate of drug-likeness (QED) is 0.722. The molecule has 2 aromatic carbocycles. The van der Waals surface area contributed by atoms with Crippen molar-refractivity contribution in [2.24, 2.45) is 0 Å². The summed E-state index contributed by atoms with van der Waals surface area (Å²) < 4.78 is 52.2. The predicted octanol–water partition coefficient (Wildman–Crippen LogP) is 3.17. The Morgan fingerprint density at radius 3 is 2.22 bits per heavy atom. The Hall–Kier alpha value is -2.48. The zero-order valence-corrected chi connectivity index (χ0v) is 16.2. The lowest BCUT2D eigenvalue weighted by Crippen LogP contribution is -2.49. The molecule has 2 aromatic rings. The first-order valence-electron chi connectivity index (χ1n) is 8.42. The van der Waals surface area contributed by atoms with Crippen LogP contribution in [0, 0.1) is 11.6 Å². The third-order valence-corrected chi connectivity index (χ3v) is 5.38. The van der Waals surface area contributed by atoms with Gasteiger partial charge in [0.1, 0.15) is 6.04 Å². The van der Waals surface area contributed by atoms with Crippen molar-refractivity contribution in [3.63, 3.8) is 0 Å². The van der Waals surface area contributed by atoms with Crippen molar-refractivity contribution in [1.82, 2.24) is 4.90 Å². The number of carbonyl (C=O) groups is 1. The predicted molar refractivity (Wildman–Crippen MR) is 101 cm³/mol. The summed E-state index contributed by atoms with van der Waals surface area (Å²) in [5, 5.41) is 0. The van der Waals surface area contributed by atoms with E-state index < -0.39 is 33.6 Å². The highest BCUT2D eigenvalue weighted by Crippen LogP contribution is 2.24. The topological polar surface area (TPSA) is 57.7 Å². The van der Waals surface area contributed by atoms with Gasteiger partial charge >= 0.3 is 0 Å². The fraction of sp³-hybridized carbons (Fsp3) is 0.316. The van der Waals surface area contributed by atoms with E-state index in [0.717, 1.165) is 34.3 Å². The van der Waals surface area contributed by atoms with Crippen molar-refractivity contribution >= 4 is 21.6 Å². The Morgan fingerprint density at radius 2 is 1.70 bits per heavy atom. The van der Waals surface area contributed by atoms with Gasteiger partial charge in [-0.1, -0.05) is 30.3 Å². The molecule has 0 spiro atoms. The van der Waals surface area contributed by atoms with Crippen LogP contribution in [0.15, 0.2) is 48.5 Å². The second kappa shape index (κ2) is 8.47. The maximum Gasteiger partial charge on any atom is 0.246 e. The standard InChI is InChI=1S/C19H22F2N2O3S/c1-4-22(13-15-8-6-5-7-9-15)19(24)14(2)23(27(3,25)26)16-10-11-17(20)18(21)12-16/h5-12,14H,4,13H2,1-3H3/t14-/m0/s1. The normalized spacial score (nSPS) is 12.5. The number of halogens is 2. The van der Waals surface area contributed by atoms with Gasteiger partial charge in [0.2, 0.25) is 15.9 Å². The molecule has 8 heteroatoms. The van der Waals surface area contributed by atoms with Gasteiger partial charge in [-0.25, -0.2) is 17.2 Å². The second-order valence-corrected chi connectivity index (χ2v) is 8.03. The number of hydrogen-bond acceptors (Lipinski definition) is 3. The van der Waals surface area contributed by atoms with E-state index in [1.165, 1.54) is 11.8 Å². The zero-order chi connectivity index (χ0) is 20.2. The van der Waals surface area contributed by atoms with Crippen LogP contribution >= 0.6 is 0 Å². The van der Waals surface area contributed by atoms with Crippen LogP contribution in [0.25, 0.3) is 0 Å². The van der Waals surface area contributed by atoms with Gasteiger partial charge in [0.25, 0.3) is 0 Å². The highest BCUT2D eigenvalue weighted by molar-refractivity contribution is 7.92. The van der Waals surface area contributed by atoms with Gasteiger partial charge in [0.05, 0.1) is 11.9 Å². The van der Waals surface area contributed by atoms with Crippen molar-refractivity contribution in [3.05, 3.63) is 65.7 Å². The van der Waals surface area contributed by atoms with E-state index in [0.29, 0.717) is 13.1 Å². The van der Waals surface area contributed by atoms with Crippen LogP contribution in [0.2, 0.25) is 0 Å². The SMILES string of the molecule is CCN(Cc1ccccc1)C(=O)[C@H](C)N(c1ccc(F)c(F)c1)S(C)(=O)=O. The van der Waals surface area contributed by atoms with Crippen LogP contribution in [0.1, 0.15) is 19.4 Å². The molecule has 5 nitrogen and oxygen atoms in total. The Labute approximate surface area is 158 Å². The number of anilines is 1.